The van der Waals surface area contributed by atoms with Crippen molar-refractivity contribution in [2.24, 2.45) is 0 Å². The summed E-state index contributed by atoms with van der Waals surface area (Å²) in [6.45, 7) is 2.53. The van der Waals surface area contributed by atoms with Gasteiger partial charge < -0.3 is 14.6 Å². The summed E-state index contributed by atoms with van der Waals surface area (Å²) in [6, 6.07) is 6.43. The van der Waals surface area contributed by atoms with Gasteiger partial charge in [-0.2, -0.15) is 0 Å². The van der Waals surface area contributed by atoms with E-state index in [0.29, 0.717) is 12.2 Å². The minimum atomic E-state index is -3.36. The van der Waals surface area contributed by atoms with Gasteiger partial charge in [-0.3, -0.25) is 0 Å². The Morgan fingerprint density at radius 1 is 1.23 bits per heavy atom. The highest BCUT2D eigenvalue weighted by atomic mass is 32.2. The first-order valence-corrected chi connectivity index (χ1v) is 10.5. The number of hydrogen-bond acceptors (Lipinski definition) is 5. The van der Waals surface area contributed by atoms with Gasteiger partial charge in [-0.15, -0.1) is 0 Å². The molecule has 2 amide bonds. The highest BCUT2D eigenvalue weighted by Gasteiger charge is 2.29. The summed E-state index contributed by atoms with van der Waals surface area (Å²) >= 11 is 0. The monoisotopic (exact) mass is 377 g/mol. The first kappa shape index (κ1) is 18.4. The van der Waals surface area contributed by atoms with Crippen LogP contribution in [0.2, 0.25) is 0 Å². The minimum Gasteiger partial charge on any atom is -0.464 e. The van der Waals surface area contributed by atoms with E-state index >= 15 is 0 Å². The Morgan fingerprint density at radius 2 is 2.04 bits per heavy atom. The number of urea groups is 1. The third kappa shape index (κ3) is 4.24. The van der Waals surface area contributed by atoms with Gasteiger partial charge in [0.1, 0.15) is 11.5 Å². The quantitative estimate of drug-likeness (QED) is 0.883. The van der Waals surface area contributed by atoms with E-state index in [4.69, 9.17) is 4.42 Å². The molecule has 7 nitrogen and oxygen atoms in total. The maximum Gasteiger partial charge on any atom is 0.322 e. The summed E-state index contributed by atoms with van der Waals surface area (Å²) in [5.74, 6) is 1.62. The Balaban J connectivity index is 1.77. The summed E-state index contributed by atoms with van der Waals surface area (Å²) in [5, 5.41) is 2.79. The van der Waals surface area contributed by atoms with Crippen molar-refractivity contribution in [1.82, 2.24) is 9.88 Å². The van der Waals surface area contributed by atoms with Crippen LogP contribution >= 0.6 is 0 Å². The molecule has 2 aromatic rings. The SMILES string of the molecule is Cc1ccc([C@H]2CCCCCN2C(=O)Nc2ccc(S(C)(=O)=O)nc2)o1. The highest BCUT2D eigenvalue weighted by molar-refractivity contribution is 7.90. The zero-order chi connectivity index (χ0) is 18.7. The van der Waals surface area contributed by atoms with Crippen molar-refractivity contribution in [3.8, 4) is 0 Å². The number of hydrogen-bond donors (Lipinski definition) is 1. The van der Waals surface area contributed by atoms with Gasteiger partial charge >= 0.3 is 6.03 Å². The summed E-state index contributed by atoms with van der Waals surface area (Å²) in [6.07, 6.45) is 6.36. The highest BCUT2D eigenvalue weighted by Crippen LogP contribution is 2.31. The molecule has 1 atom stereocenters. The lowest BCUT2D eigenvalue weighted by Crippen LogP contribution is -2.38. The maximum atomic E-state index is 12.8. The number of carbonyl (C=O) groups excluding carboxylic acids is 1. The fourth-order valence-electron chi connectivity index (χ4n) is 3.15. The number of aryl methyl sites for hydroxylation is 1. The number of carbonyl (C=O) groups is 1. The minimum absolute atomic E-state index is 0.0193. The van der Waals surface area contributed by atoms with Crippen LogP contribution in [0.3, 0.4) is 0 Å². The fraction of sp³-hybridized carbons (Fsp3) is 0.444. The van der Waals surface area contributed by atoms with Crippen molar-refractivity contribution in [1.29, 1.82) is 0 Å². The van der Waals surface area contributed by atoms with Gasteiger partial charge in [-0.25, -0.2) is 18.2 Å². The van der Waals surface area contributed by atoms with Gasteiger partial charge in [0.05, 0.1) is 17.9 Å². The Bertz CT molecular complexity index is 874. The predicted molar refractivity (Wildman–Crippen MR) is 97.7 cm³/mol. The number of pyridine rings is 1. The summed E-state index contributed by atoms with van der Waals surface area (Å²) in [5.41, 5.74) is 0.459. The van der Waals surface area contributed by atoms with Gasteiger partial charge in [0.15, 0.2) is 14.9 Å². The van der Waals surface area contributed by atoms with E-state index in [1.165, 1.54) is 12.3 Å². The molecule has 0 unspecified atom stereocenters. The molecule has 1 saturated heterocycles. The second-order valence-corrected chi connectivity index (χ2v) is 8.56. The second-order valence-electron chi connectivity index (χ2n) is 6.59. The van der Waals surface area contributed by atoms with Crippen molar-refractivity contribution in [2.75, 3.05) is 18.1 Å². The van der Waals surface area contributed by atoms with E-state index in [-0.39, 0.29) is 17.1 Å². The molecule has 0 radical (unpaired) electrons. The first-order valence-electron chi connectivity index (χ1n) is 8.64. The largest absolute Gasteiger partial charge is 0.464 e. The molecule has 3 rings (SSSR count). The van der Waals surface area contributed by atoms with Gasteiger partial charge in [0.2, 0.25) is 0 Å². The average Bonchev–Trinajstić information content (AvgIpc) is 2.87. The predicted octanol–water partition coefficient (Wildman–Crippen LogP) is 3.54. The Morgan fingerprint density at radius 3 is 2.65 bits per heavy atom. The van der Waals surface area contributed by atoms with Gasteiger partial charge in [-0.1, -0.05) is 12.8 Å². The van der Waals surface area contributed by atoms with Gasteiger partial charge in [0.25, 0.3) is 0 Å². The van der Waals surface area contributed by atoms with Crippen molar-refractivity contribution in [3.63, 3.8) is 0 Å². The molecule has 1 aliphatic heterocycles. The molecule has 8 heteroatoms. The van der Waals surface area contributed by atoms with Crippen LogP contribution in [0.15, 0.2) is 39.9 Å². The normalized spacial score (nSPS) is 18.4. The van der Waals surface area contributed by atoms with Crippen LogP contribution < -0.4 is 5.32 Å². The standard InChI is InChI=1S/C18H23N3O4S/c1-13-7-9-16(25-13)15-6-4-3-5-11-21(15)18(22)20-14-8-10-17(19-12-14)26(2,23)24/h7-10,12,15H,3-6,11H2,1-2H3,(H,20,22)/t15-/m1/s1. The lowest BCUT2D eigenvalue weighted by Gasteiger charge is -2.28. The second kappa shape index (κ2) is 7.49. The molecule has 1 fully saturated rings. The van der Waals surface area contributed by atoms with E-state index in [1.54, 1.807) is 11.0 Å². The number of rotatable bonds is 3. The molecule has 1 aliphatic rings. The van der Waals surface area contributed by atoms with E-state index < -0.39 is 9.84 Å². The summed E-state index contributed by atoms with van der Waals surface area (Å²) in [4.78, 5) is 18.5. The summed E-state index contributed by atoms with van der Waals surface area (Å²) < 4.78 is 28.7. The molecule has 2 aromatic heterocycles. The lowest BCUT2D eigenvalue weighted by molar-refractivity contribution is 0.178. The van der Waals surface area contributed by atoms with Crippen molar-refractivity contribution >= 4 is 21.6 Å². The fourth-order valence-corrected chi connectivity index (χ4v) is 3.71. The van der Waals surface area contributed by atoms with Crippen molar-refractivity contribution < 1.29 is 17.6 Å². The number of nitrogens with zero attached hydrogens (tertiary/aromatic N) is 2. The van der Waals surface area contributed by atoms with Crippen LogP contribution in [0.25, 0.3) is 0 Å². The zero-order valence-corrected chi connectivity index (χ0v) is 15.8. The van der Waals surface area contributed by atoms with Crippen LogP contribution in [0.4, 0.5) is 10.5 Å². The number of furan rings is 1. The number of nitrogens with one attached hydrogen (secondary N) is 1. The maximum absolute atomic E-state index is 12.8. The van der Waals surface area contributed by atoms with Crippen LogP contribution in [-0.2, 0) is 9.84 Å². The lowest BCUT2D eigenvalue weighted by atomic mass is 10.1. The van der Waals surface area contributed by atoms with Crippen LogP contribution in [0.5, 0.6) is 0 Å². The van der Waals surface area contributed by atoms with E-state index in [2.05, 4.69) is 10.3 Å². The van der Waals surface area contributed by atoms with Crippen LogP contribution in [0, 0.1) is 6.92 Å². The molecule has 3 heterocycles. The zero-order valence-electron chi connectivity index (χ0n) is 14.9. The van der Waals surface area contributed by atoms with E-state index in [1.807, 2.05) is 19.1 Å². The Labute approximate surface area is 153 Å². The first-order chi connectivity index (χ1) is 12.3. The molecule has 0 saturated carbocycles. The third-order valence-corrected chi connectivity index (χ3v) is 5.47. The molecule has 26 heavy (non-hydrogen) atoms. The van der Waals surface area contributed by atoms with E-state index in [0.717, 1.165) is 43.5 Å². The topological polar surface area (TPSA) is 92.5 Å². The van der Waals surface area contributed by atoms with Crippen molar-refractivity contribution in [3.05, 3.63) is 42.0 Å². The Kier molecular flexibility index (Phi) is 5.31. The number of anilines is 1. The molecule has 1 N–H and O–H groups in total. The molecule has 0 aromatic carbocycles. The average molecular weight is 377 g/mol. The molecule has 0 aliphatic carbocycles. The Hall–Kier alpha value is -2.35. The molecular weight excluding hydrogens is 354 g/mol. The van der Waals surface area contributed by atoms with Crippen LogP contribution in [0.1, 0.15) is 43.2 Å². The van der Waals surface area contributed by atoms with Gasteiger partial charge in [0, 0.05) is 12.8 Å². The van der Waals surface area contributed by atoms with Crippen molar-refractivity contribution in [2.45, 2.75) is 43.7 Å². The smallest absolute Gasteiger partial charge is 0.322 e. The molecular formula is C18H23N3O4S. The molecule has 0 spiro atoms. The van der Waals surface area contributed by atoms with Gasteiger partial charge in [-0.05, 0) is 44.0 Å². The molecule has 140 valence electrons. The number of likely N-dealkylation sites (tertiary alicyclic amines) is 1. The number of amides is 2. The third-order valence-electron chi connectivity index (χ3n) is 4.47. The summed E-state index contributed by atoms with van der Waals surface area (Å²) in [7, 11) is -3.36. The number of sulfone groups is 1. The van der Waals surface area contributed by atoms with Crippen LogP contribution in [-0.4, -0.2) is 37.1 Å². The van der Waals surface area contributed by atoms with E-state index in [9.17, 15) is 13.2 Å². The molecule has 0 bridgehead atoms. The number of aromatic nitrogens is 1.